The number of nitro benzene ring substituents is 1. The second-order valence-electron chi connectivity index (χ2n) is 7.81. The molecule has 3 aromatic rings. The van der Waals surface area contributed by atoms with E-state index in [9.17, 15) is 19.7 Å². The molecule has 2 amide bonds. The van der Waals surface area contributed by atoms with Crippen molar-refractivity contribution in [3.63, 3.8) is 0 Å². The largest absolute Gasteiger partial charge is 0.490 e. The minimum atomic E-state index is -0.940. The third-order valence-electron chi connectivity index (χ3n) is 5.54. The Morgan fingerprint density at radius 3 is 2.69 bits per heavy atom. The minimum Gasteiger partial charge on any atom is -0.490 e. The number of carbonyl (C=O) groups excluding carboxylic acids is 2. The molecule has 0 bridgehead atoms. The SMILES string of the molecule is C=CCOC(=O)C1=C(C)NC(=O)N[C@H]1c1cn(-c2ccccc2)nc1-c1ccc(OC)c([N+](=O)[O-])c1. The number of nitro groups is 1. The number of hydrogen-bond donors (Lipinski definition) is 2. The first-order chi connectivity index (χ1) is 17.3. The van der Waals surface area contributed by atoms with Crippen LogP contribution in [-0.4, -0.2) is 40.4 Å². The minimum absolute atomic E-state index is 0.0168. The van der Waals surface area contributed by atoms with E-state index in [1.165, 1.54) is 25.3 Å². The zero-order valence-corrected chi connectivity index (χ0v) is 19.6. The van der Waals surface area contributed by atoms with Gasteiger partial charge in [-0.3, -0.25) is 10.1 Å². The first kappa shape index (κ1) is 24.2. The number of nitrogens with one attached hydrogen (secondary N) is 2. The smallest absolute Gasteiger partial charge is 0.338 e. The number of rotatable bonds is 8. The van der Waals surface area contributed by atoms with Crippen LogP contribution in [-0.2, 0) is 9.53 Å². The number of aromatic nitrogens is 2. The van der Waals surface area contributed by atoms with Gasteiger partial charge in [-0.15, -0.1) is 0 Å². The molecule has 0 radical (unpaired) electrons. The van der Waals surface area contributed by atoms with Crippen LogP contribution in [0.15, 0.2) is 78.7 Å². The number of urea groups is 1. The molecular weight excluding hydrogens is 466 g/mol. The average Bonchev–Trinajstić information content (AvgIpc) is 3.32. The van der Waals surface area contributed by atoms with Crippen molar-refractivity contribution in [1.82, 2.24) is 20.4 Å². The maximum atomic E-state index is 13.0. The van der Waals surface area contributed by atoms with Gasteiger partial charge < -0.3 is 20.1 Å². The number of esters is 1. The van der Waals surface area contributed by atoms with Crippen molar-refractivity contribution in [2.75, 3.05) is 13.7 Å². The Bertz CT molecular complexity index is 1380. The van der Waals surface area contributed by atoms with Gasteiger partial charge in [0.1, 0.15) is 6.61 Å². The Morgan fingerprint density at radius 1 is 1.28 bits per heavy atom. The van der Waals surface area contributed by atoms with Gasteiger partial charge in [0.25, 0.3) is 0 Å². The molecule has 4 rings (SSSR count). The van der Waals surface area contributed by atoms with Crippen molar-refractivity contribution in [3.05, 3.63) is 94.3 Å². The Balaban J connectivity index is 1.93. The van der Waals surface area contributed by atoms with Crippen molar-refractivity contribution in [3.8, 4) is 22.7 Å². The highest BCUT2D eigenvalue weighted by molar-refractivity contribution is 5.95. The van der Waals surface area contributed by atoms with E-state index >= 15 is 0 Å². The van der Waals surface area contributed by atoms with E-state index in [1.807, 2.05) is 30.3 Å². The van der Waals surface area contributed by atoms with E-state index in [0.29, 0.717) is 28.2 Å². The summed E-state index contributed by atoms with van der Waals surface area (Å²) in [5.74, 6) is -0.559. The van der Waals surface area contributed by atoms with Gasteiger partial charge in [-0.05, 0) is 31.2 Å². The van der Waals surface area contributed by atoms with Gasteiger partial charge in [0.05, 0.1) is 35.0 Å². The van der Waals surface area contributed by atoms with E-state index < -0.39 is 23.0 Å². The zero-order valence-electron chi connectivity index (χ0n) is 19.6. The monoisotopic (exact) mass is 489 g/mol. The highest BCUT2D eigenvalue weighted by Crippen LogP contribution is 2.38. The van der Waals surface area contributed by atoms with E-state index in [0.717, 1.165) is 0 Å². The summed E-state index contributed by atoms with van der Waals surface area (Å²) in [6.45, 7) is 5.13. The third kappa shape index (κ3) is 4.67. The fourth-order valence-electron chi connectivity index (χ4n) is 3.93. The molecule has 0 aliphatic carbocycles. The van der Waals surface area contributed by atoms with Crippen molar-refractivity contribution in [2.24, 2.45) is 0 Å². The average molecular weight is 489 g/mol. The molecule has 11 heteroatoms. The van der Waals surface area contributed by atoms with Crippen LogP contribution < -0.4 is 15.4 Å². The first-order valence-corrected chi connectivity index (χ1v) is 10.9. The van der Waals surface area contributed by atoms with E-state index in [-0.39, 0.29) is 23.6 Å². The van der Waals surface area contributed by atoms with Gasteiger partial charge in [0.15, 0.2) is 5.75 Å². The fraction of sp³-hybridized carbons (Fsp3) is 0.160. The lowest BCUT2D eigenvalue weighted by atomic mass is 9.93. The molecule has 1 atom stereocenters. The molecule has 184 valence electrons. The number of amides is 2. The maximum absolute atomic E-state index is 13.0. The molecule has 2 N–H and O–H groups in total. The van der Waals surface area contributed by atoms with Gasteiger partial charge in [-0.1, -0.05) is 30.9 Å². The van der Waals surface area contributed by atoms with E-state index in [1.54, 1.807) is 23.9 Å². The second-order valence-corrected chi connectivity index (χ2v) is 7.81. The molecule has 11 nitrogen and oxygen atoms in total. The molecular formula is C25H23N5O6. The molecule has 1 aliphatic rings. The Labute approximate surface area is 206 Å². The molecule has 1 aliphatic heterocycles. The number of para-hydroxylation sites is 1. The quantitative estimate of drug-likeness (QED) is 0.212. The predicted molar refractivity (Wildman–Crippen MR) is 130 cm³/mol. The van der Waals surface area contributed by atoms with Crippen LogP contribution in [0.2, 0.25) is 0 Å². The van der Waals surface area contributed by atoms with E-state index in [2.05, 4.69) is 22.3 Å². The predicted octanol–water partition coefficient (Wildman–Crippen LogP) is 3.81. The van der Waals surface area contributed by atoms with Gasteiger partial charge in [-0.25, -0.2) is 14.3 Å². The molecule has 0 saturated carbocycles. The summed E-state index contributed by atoms with van der Waals surface area (Å²) in [4.78, 5) is 36.5. The molecule has 0 fully saturated rings. The summed E-state index contributed by atoms with van der Waals surface area (Å²) < 4.78 is 12.0. The number of ether oxygens (including phenoxy) is 2. The van der Waals surface area contributed by atoms with Crippen LogP contribution in [0.3, 0.4) is 0 Å². The Hall–Kier alpha value is -4.93. The van der Waals surface area contributed by atoms with Crippen molar-refractivity contribution < 1.29 is 24.0 Å². The number of allylic oxidation sites excluding steroid dienone is 1. The molecule has 36 heavy (non-hydrogen) atoms. The lowest BCUT2D eigenvalue weighted by Crippen LogP contribution is -2.45. The highest BCUT2D eigenvalue weighted by atomic mass is 16.6. The fourth-order valence-corrected chi connectivity index (χ4v) is 3.93. The van der Waals surface area contributed by atoms with Crippen LogP contribution in [0.5, 0.6) is 5.75 Å². The summed E-state index contributed by atoms with van der Waals surface area (Å²) in [5.41, 5.74) is 2.13. The van der Waals surface area contributed by atoms with Crippen LogP contribution in [0, 0.1) is 10.1 Å². The van der Waals surface area contributed by atoms with E-state index in [4.69, 9.17) is 9.47 Å². The summed E-state index contributed by atoms with van der Waals surface area (Å²) in [7, 11) is 1.34. The molecule has 1 aromatic heterocycles. The van der Waals surface area contributed by atoms with Gasteiger partial charge in [0, 0.05) is 29.1 Å². The van der Waals surface area contributed by atoms with Crippen molar-refractivity contribution in [1.29, 1.82) is 0 Å². The Morgan fingerprint density at radius 2 is 2.03 bits per heavy atom. The molecule has 2 aromatic carbocycles. The van der Waals surface area contributed by atoms with Gasteiger partial charge >= 0.3 is 17.7 Å². The third-order valence-corrected chi connectivity index (χ3v) is 5.54. The lowest BCUT2D eigenvalue weighted by Gasteiger charge is -2.27. The molecule has 2 heterocycles. The summed E-state index contributed by atoms with van der Waals surface area (Å²) in [6.07, 6.45) is 3.11. The maximum Gasteiger partial charge on any atom is 0.338 e. The van der Waals surface area contributed by atoms with Crippen molar-refractivity contribution in [2.45, 2.75) is 13.0 Å². The number of methoxy groups -OCH3 is 1. The summed E-state index contributed by atoms with van der Waals surface area (Å²) in [5, 5.41) is 21.7. The zero-order chi connectivity index (χ0) is 25.8. The van der Waals surface area contributed by atoms with Crippen molar-refractivity contribution >= 4 is 17.7 Å². The Kier molecular flexibility index (Phi) is 6.81. The number of benzene rings is 2. The second kappa shape index (κ2) is 10.1. The number of hydrogen-bond acceptors (Lipinski definition) is 7. The lowest BCUT2D eigenvalue weighted by molar-refractivity contribution is -0.385. The van der Waals surface area contributed by atoms with Crippen LogP contribution in [0.4, 0.5) is 10.5 Å². The van der Waals surface area contributed by atoms with Gasteiger partial charge in [-0.2, -0.15) is 5.10 Å². The van der Waals surface area contributed by atoms with Crippen LogP contribution in [0.1, 0.15) is 18.5 Å². The summed E-state index contributed by atoms with van der Waals surface area (Å²) in [6, 6.07) is 12.2. The molecule has 0 saturated heterocycles. The molecule has 0 unspecified atom stereocenters. The van der Waals surface area contributed by atoms with Crippen LogP contribution in [0.25, 0.3) is 16.9 Å². The highest BCUT2D eigenvalue weighted by Gasteiger charge is 2.35. The number of carbonyl (C=O) groups is 2. The summed E-state index contributed by atoms with van der Waals surface area (Å²) >= 11 is 0. The standard InChI is InChI=1S/C25H23N5O6/c1-4-12-36-24(31)21-15(2)26-25(32)27-23(21)18-14-29(17-8-6-5-7-9-17)28-22(18)16-10-11-20(35-3)19(13-16)30(33)34/h4-11,13-14,23H,1,12H2,2-3H3,(H2,26,27,32)/t23-/m0/s1. The van der Waals surface area contributed by atoms with Crippen LogP contribution >= 0.6 is 0 Å². The number of nitrogens with zero attached hydrogens (tertiary/aromatic N) is 3. The normalized spacial score (nSPS) is 15.1. The molecule has 0 spiro atoms. The van der Waals surface area contributed by atoms with Gasteiger partial charge in [0.2, 0.25) is 0 Å². The first-order valence-electron chi connectivity index (χ1n) is 10.9. The topological polar surface area (TPSA) is 138 Å².